The fourth-order valence-electron chi connectivity index (χ4n) is 4.80. The summed E-state index contributed by atoms with van der Waals surface area (Å²) in [6, 6.07) is 10.4. The van der Waals surface area contributed by atoms with Gasteiger partial charge in [0.25, 0.3) is 0 Å². The van der Waals surface area contributed by atoms with Crippen molar-refractivity contribution in [3.8, 4) is 11.3 Å². The van der Waals surface area contributed by atoms with Gasteiger partial charge in [0.2, 0.25) is 5.91 Å². The molecule has 2 aromatic heterocycles. The van der Waals surface area contributed by atoms with E-state index in [1.807, 2.05) is 17.5 Å². The third kappa shape index (κ3) is 4.01. The number of nitrogens with zero attached hydrogens (tertiary/aromatic N) is 5. The molecule has 0 unspecified atom stereocenters. The lowest BCUT2D eigenvalue weighted by atomic mass is 9.94. The fourth-order valence-corrected chi connectivity index (χ4v) is 4.80. The highest BCUT2D eigenvalue weighted by Crippen LogP contribution is 2.28. The second-order valence-corrected chi connectivity index (χ2v) is 8.71. The zero-order valence-electron chi connectivity index (χ0n) is 17.9. The van der Waals surface area contributed by atoms with E-state index in [0.29, 0.717) is 5.91 Å². The van der Waals surface area contributed by atoms with Crippen molar-refractivity contribution < 1.29 is 9.18 Å². The van der Waals surface area contributed by atoms with Crippen molar-refractivity contribution in [3.05, 3.63) is 47.9 Å². The Hall–Kier alpha value is -2.96. The van der Waals surface area contributed by atoms with Crippen molar-refractivity contribution in [2.75, 3.05) is 31.1 Å². The lowest BCUT2D eigenvalue weighted by Crippen LogP contribution is -2.44. The van der Waals surface area contributed by atoms with E-state index in [2.05, 4.69) is 20.9 Å². The molecule has 31 heavy (non-hydrogen) atoms. The molecule has 2 aliphatic rings. The first-order valence-electron chi connectivity index (χ1n) is 11.3. The van der Waals surface area contributed by atoms with E-state index in [4.69, 9.17) is 5.10 Å². The average molecular weight is 422 g/mol. The van der Waals surface area contributed by atoms with Crippen LogP contribution in [0.3, 0.4) is 0 Å². The number of halogens is 1. The molecule has 2 fully saturated rings. The average Bonchev–Trinajstić information content (AvgIpc) is 3.23. The minimum atomic E-state index is -0.260. The Balaban J connectivity index is 1.36. The summed E-state index contributed by atoms with van der Waals surface area (Å²) in [5.41, 5.74) is 3.34. The number of likely N-dealkylation sites (tertiary alicyclic amines) is 1. The molecule has 0 aliphatic carbocycles. The van der Waals surface area contributed by atoms with Crippen LogP contribution in [-0.2, 0) is 4.79 Å². The number of amides is 1. The Morgan fingerprint density at radius 3 is 2.42 bits per heavy atom. The largest absolute Gasteiger partial charge is 0.356 e. The van der Waals surface area contributed by atoms with Gasteiger partial charge in [0, 0.05) is 55.5 Å². The molecule has 1 amide bonds. The molecule has 0 saturated carbocycles. The first-order chi connectivity index (χ1) is 15.1. The highest BCUT2D eigenvalue weighted by molar-refractivity contribution is 5.79. The van der Waals surface area contributed by atoms with Crippen molar-refractivity contribution in [1.82, 2.24) is 19.5 Å². The molecular weight excluding hydrogens is 393 g/mol. The van der Waals surface area contributed by atoms with Gasteiger partial charge in [-0.25, -0.2) is 9.37 Å². The molecule has 0 spiro atoms. The number of benzene rings is 1. The van der Waals surface area contributed by atoms with Gasteiger partial charge in [-0.15, -0.1) is 0 Å². The predicted molar refractivity (Wildman–Crippen MR) is 118 cm³/mol. The third-order valence-electron chi connectivity index (χ3n) is 6.51. The van der Waals surface area contributed by atoms with E-state index in [1.165, 1.54) is 18.6 Å². The van der Waals surface area contributed by atoms with Crippen LogP contribution >= 0.6 is 0 Å². The van der Waals surface area contributed by atoms with Crippen LogP contribution in [0.4, 0.5) is 10.2 Å². The molecule has 0 radical (unpaired) electrons. The molecule has 2 aliphatic heterocycles. The van der Waals surface area contributed by atoms with Gasteiger partial charge in [-0.05, 0) is 63.3 Å². The SMILES string of the molecule is Cc1cc(N2CCC(C(=O)N3CCCCC3)CC2)n2nc(-c3ccc(F)cc3)cc2n1. The molecule has 0 atom stereocenters. The quantitative estimate of drug-likeness (QED) is 0.640. The van der Waals surface area contributed by atoms with Gasteiger partial charge in [0.1, 0.15) is 11.6 Å². The maximum Gasteiger partial charge on any atom is 0.225 e. The van der Waals surface area contributed by atoms with E-state index >= 15 is 0 Å². The van der Waals surface area contributed by atoms with Crippen molar-refractivity contribution in [1.29, 1.82) is 0 Å². The number of aromatic nitrogens is 3. The topological polar surface area (TPSA) is 53.7 Å². The van der Waals surface area contributed by atoms with E-state index in [9.17, 15) is 9.18 Å². The molecular formula is C24H28FN5O. The molecule has 1 aromatic carbocycles. The molecule has 162 valence electrons. The minimum Gasteiger partial charge on any atom is -0.356 e. The summed E-state index contributed by atoms with van der Waals surface area (Å²) in [5, 5.41) is 4.77. The Labute approximate surface area is 181 Å². The van der Waals surface area contributed by atoms with Gasteiger partial charge in [0.05, 0.1) is 5.69 Å². The minimum absolute atomic E-state index is 0.125. The van der Waals surface area contributed by atoms with Crippen LogP contribution in [0.2, 0.25) is 0 Å². The molecule has 2 saturated heterocycles. The first kappa shape index (κ1) is 20.0. The van der Waals surface area contributed by atoms with Crippen LogP contribution in [0.15, 0.2) is 36.4 Å². The lowest BCUT2D eigenvalue weighted by Gasteiger charge is -2.36. The van der Waals surface area contributed by atoms with Gasteiger partial charge >= 0.3 is 0 Å². The molecule has 4 heterocycles. The molecule has 0 bridgehead atoms. The summed E-state index contributed by atoms with van der Waals surface area (Å²) in [6.45, 7) is 5.48. The number of anilines is 1. The molecule has 3 aromatic rings. The summed E-state index contributed by atoms with van der Waals surface area (Å²) in [7, 11) is 0. The van der Waals surface area contributed by atoms with Gasteiger partial charge in [-0.2, -0.15) is 9.61 Å². The fraction of sp³-hybridized carbons (Fsp3) is 0.458. The van der Waals surface area contributed by atoms with E-state index in [-0.39, 0.29) is 11.7 Å². The normalized spacial score (nSPS) is 18.0. The van der Waals surface area contributed by atoms with Crippen molar-refractivity contribution in [2.24, 2.45) is 5.92 Å². The van der Waals surface area contributed by atoms with Crippen LogP contribution < -0.4 is 4.90 Å². The number of fused-ring (bicyclic) bond motifs is 1. The number of aryl methyl sites for hydroxylation is 1. The maximum atomic E-state index is 13.3. The monoisotopic (exact) mass is 421 g/mol. The van der Waals surface area contributed by atoms with Gasteiger partial charge in [-0.1, -0.05) is 0 Å². The summed E-state index contributed by atoms with van der Waals surface area (Å²) in [5.74, 6) is 1.21. The van der Waals surface area contributed by atoms with Crippen LogP contribution in [0, 0.1) is 18.7 Å². The van der Waals surface area contributed by atoms with Crippen molar-refractivity contribution in [2.45, 2.75) is 39.0 Å². The van der Waals surface area contributed by atoms with E-state index < -0.39 is 0 Å². The summed E-state index contributed by atoms with van der Waals surface area (Å²) in [4.78, 5) is 21.9. The van der Waals surface area contributed by atoms with Crippen molar-refractivity contribution in [3.63, 3.8) is 0 Å². The van der Waals surface area contributed by atoms with Gasteiger partial charge in [-0.3, -0.25) is 4.79 Å². The molecule has 0 N–H and O–H groups in total. The number of hydrogen-bond acceptors (Lipinski definition) is 4. The Kier molecular flexibility index (Phi) is 5.34. The highest BCUT2D eigenvalue weighted by atomic mass is 19.1. The summed E-state index contributed by atoms with van der Waals surface area (Å²) < 4.78 is 15.2. The first-order valence-corrected chi connectivity index (χ1v) is 11.3. The van der Waals surface area contributed by atoms with Crippen LogP contribution in [0.25, 0.3) is 16.9 Å². The Bertz CT molecular complexity index is 1080. The van der Waals surface area contributed by atoms with Crippen LogP contribution in [0.5, 0.6) is 0 Å². The Morgan fingerprint density at radius 1 is 1.00 bits per heavy atom. The number of carbonyl (C=O) groups is 1. The number of rotatable bonds is 3. The number of carbonyl (C=O) groups excluding carboxylic acids is 1. The lowest BCUT2D eigenvalue weighted by molar-refractivity contribution is -0.137. The molecule has 5 rings (SSSR count). The van der Waals surface area contributed by atoms with E-state index in [0.717, 1.165) is 80.3 Å². The standard InChI is InChI=1S/C24H28FN5O/c1-17-15-23(28-13-9-19(10-14-28)24(31)29-11-3-2-4-12-29)30-22(26-17)16-21(27-30)18-5-7-20(25)8-6-18/h5-8,15-16,19H,2-4,9-14H2,1H3. The molecule has 6 nitrogen and oxygen atoms in total. The number of piperidine rings is 2. The summed E-state index contributed by atoms with van der Waals surface area (Å²) >= 11 is 0. The zero-order chi connectivity index (χ0) is 21.4. The second-order valence-electron chi connectivity index (χ2n) is 8.71. The summed E-state index contributed by atoms with van der Waals surface area (Å²) in [6.07, 6.45) is 5.24. The van der Waals surface area contributed by atoms with Crippen LogP contribution in [-0.4, -0.2) is 51.6 Å². The second kappa shape index (κ2) is 8.29. The smallest absolute Gasteiger partial charge is 0.225 e. The Morgan fingerprint density at radius 2 is 1.71 bits per heavy atom. The van der Waals surface area contributed by atoms with Crippen molar-refractivity contribution >= 4 is 17.4 Å². The van der Waals surface area contributed by atoms with Crippen LogP contribution in [0.1, 0.15) is 37.8 Å². The number of hydrogen-bond donors (Lipinski definition) is 0. The predicted octanol–water partition coefficient (Wildman–Crippen LogP) is 4.07. The van der Waals surface area contributed by atoms with Gasteiger partial charge in [0.15, 0.2) is 5.65 Å². The third-order valence-corrected chi connectivity index (χ3v) is 6.51. The van der Waals surface area contributed by atoms with Gasteiger partial charge < -0.3 is 9.80 Å². The maximum absolute atomic E-state index is 13.3. The van der Waals surface area contributed by atoms with E-state index in [1.54, 1.807) is 12.1 Å². The zero-order valence-corrected chi connectivity index (χ0v) is 17.9. The highest BCUT2D eigenvalue weighted by Gasteiger charge is 2.30. The molecule has 7 heteroatoms.